The Morgan fingerprint density at radius 1 is 1.45 bits per heavy atom. The number of carbonyl (C=O) groups is 1. The molecule has 1 fully saturated rings. The van der Waals surface area contributed by atoms with Crippen LogP contribution in [-0.2, 0) is 4.79 Å². The predicted molar refractivity (Wildman–Crippen MR) is 80.5 cm³/mol. The summed E-state index contributed by atoms with van der Waals surface area (Å²) < 4.78 is 0. The second kappa shape index (κ2) is 6.71. The highest BCUT2D eigenvalue weighted by Crippen LogP contribution is 2.34. The van der Waals surface area contributed by atoms with Gasteiger partial charge in [-0.3, -0.25) is 9.69 Å². The molecule has 0 spiro atoms. The smallest absolute Gasteiger partial charge is 0.325 e. The van der Waals surface area contributed by atoms with Crippen LogP contribution >= 0.6 is 0 Å². The van der Waals surface area contributed by atoms with Crippen LogP contribution in [-0.4, -0.2) is 28.6 Å². The first kappa shape index (κ1) is 14.8. The highest BCUT2D eigenvalue weighted by molar-refractivity contribution is 5.75. The molecule has 1 heterocycles. The minimum Gasteiger partial charge on any atom is -0.480 e. The zero-order chi connectivity index (χ0) is 14.5. The Labute approximate surface area is 120 Å². The van der Waals surface area contributed by atoms with Gasteiger partial charge < -0.3 is 5.11 Å². The Balaban J connectivity index is 2.26. The van der Waals surface area contributed by atoms with Gasteiger partial charge in [0.05, 0.1) is 0 Å². The maximum Gasteiger partial charge on any atom is 0.325 e. The van der Waals surface area contributed by atoms with Gasteiger partial charge in [-0.05, 0) is 31.2 Å². The number of allylic oxidation sites excluding steroid dienone is 1. The quantitative estimate of drug-likeness (QED) is 0.835. The summed E-state index contributed by atoms with van der Waals surface area (Å²) in [5, 5.41) is 9.66. The van der Waals surface area contributed by atoms with Crippen molar-refractivity contribution in [2.45, 2.75) is 38.8 Å². The van der Waals surface area contributed by atoms with E-state index < -0.39 is 12.0 Å². The van der Waals surface area contributed by atoms with E-state index in [-0.39, 0.29) is 0 Å². The second-order valence-corrected chi connectivity index (χ2v) is 5.65. The number of carboxylic acid groups (broad SMARTS) is 1. The third kappa shape index (κ3) is 3.28. The normalized spacial score (nSPS) is 25.1. The monoisotopic (exact) mass is 273 g/mol. The van der Waals surface area contributed by atoms with Crippen LogP contribution in [0.4, 0.5) is 0 Å². The number of nitrogens with zero attached hydrogens (tertiary/aromatic N) is 1. The molecule has 3 heteroatoms. The van der Waals surface area contributed by atoms with Crippen LogP contribution in [0.25, 0.3) is 0 Å². The number of likely N-dealkylation sites (tertiary alicyclic amines) is 1. The molecule has 1 aliphatic heterocycles. The molecular formula is C17H23NO2. The van der Waals surface area contributed by atoms with Crippen molar-refractivity contribution >= 4 is 5.97 Å². The third-order valence-electron chi connectivity index (χ3n) is 3.99. The van der Waals surface area contributed by atoms with Gasteiger partial charge in [0.1, 0.15) is 6.04 Å². The van der Waals surface area contributed by atoms with Crippen molar-refractivity contribution in [3.63, 3.8) is 0 Å². The molecule has 2 rings (SSSR count). The van der Waals surface area contributed by atoms with Crippen LogP contribution in [0.15, 0.2) is 42.5 Å². The lowest BCUT2D eigenvalue weighted by Gasteiger charge is -2.30. The van der Waals surface area contributed by atoms with Gasteiger partial charge in [0.15, 0.2) is 0 Å². The van der Waals surface area contributed by atoms with Crippen molar-refractivity contribution < 1.29 is 9.90 Å². The van der Waals surface area contributed by atoms with Gasteiger partial charge in [-0.25, -0.2) is 0 Å². The fourth-order valence-corrected chi connectivity index (χ4v) is 3.14. The Hall–Kier alpha value is -1.61. The molecule has 108 valence electrons. The summed E-state index contributed by atoms with van der Waals surface area (Å²) in [6.45, 7) is 5.06. The van der Waals surface area contributed by atoms with E-state index in [1.165, 1.54) is 0 Å². The van der Waals surface area contributed by atoms with Crippen molar-refractivity contribution in [1.29, 1.82) is 0 Å². The molecular weight excluding hydrogens is 250 g/mol. The maximum atomic E-state index is 11.8. The molecule has 1 aliphatic rings. The van der Waals surface area contributed by atoms with Gasteiger partial charge in [-0.1, -0.05) is 49.4 Å². The van der Waals surface area contributed by atoms with Crippen LogP contribution in [0.5, 0.6) is 0 Å². The summed E-state index contributed by atoms with van der Waals surface area (Å²) in [6, 6.07) is 9.35. The minimum atomic E-state index is -0.754. The standard InChI is InChI=1S/C17H23NO2/c1-3-4-10-15-11-13(2)12-18(15)16(17(19)20)14-8-6-5-7-9-14/h3-9,13,15-16H,10-12H2,1-2H3,(H,19,20)/b4-3-/t13-,15?,16?/m1/s1. The Bertz CT molecular complexity index is 469. The molecule has 0 amide bonds. The number of hydrogen-bond acceptors (Lipinski definition) is 2. The molecule has 0 aromatic heterocycles. The molecule has 3 nitrogen and oxygen atoms in total. The highest BCUT2D eigenvalue weighted by Gasteiger charge is 2.37. The van der Waals surface area contributed by atoms with E-state index in [1.807, 2.05) is 43.3 Å². The number of rotatable bonds is 5. The van der Waals surface area contributed by atoms with Crippen molar-refractivity contribution in [2.24, 2.45) is 5.92 Å². The molecule has 0 bridgehead atoms. The largest absolute Gasteiger partial charge is 0.480 e. The number of hydrogen-bond donors (Lipinski definition) is 1. The average Bonchev–Trinajstić information content (AvgIpc) is 2.78. The summed E-state index contributed by atoms with van der Waals surface area (Å²) in [4.78, 5) is 13.9. The molecule has 1 N–H and O–H groups in total. The molecule has 0 radical (unpaired) electrons. The number of carboxylic acids is 1. The lowest BCUT2D eigenvalue weighted by molar-refractivity contribution is -0.144. The van der Waals surface area contributed by atoms with E-state index in [0.717, 1.165) is 24.9 Å². The fourth-order valence-electron chi connectivity index (χ4n) is 3.14. The van der Waals surface area contributed by atoms with Gasteiger partial charge in [-0.2, -0.15) is 0 Å². The van der Waals surface area contributed by atoms with Gasteiger partial charge in [0, 0.05) is 12.6 Å². The topological polar surface area (TPSA) is 40.5 Å². The first-order valence-corrected chi connectivity index (χ1v) is 7.28. The van der Waals surface area contributed by atoms with Crippen LogP contribution in [0.1, 0.15) is 38.3 Å². The zero-order valence-electron chi connectivity index (χ0n) is 12.2. The summed E-state index contributed by atoms with van der Waals surface area (Å²) in [7, 11) is 0. The second-order valence-electron chi connectivity index (χ2n) is 5.65. The molecule has 0 aliphatic carbocycles. The van der Waals surface area contributed by atoms with Crippen molar-refractivity contribution in [3.05, 3.63) is 48.0 Å². The van der Waals surface area contributed by atoms with Crippen molar-refractivity contribution in [3.8, 4) is 0 Å². The minimum absolute atomic E-state index is 0.322. The maximum absolute atomic E-state index is 11.8. The summed E-state index contributed by atoms with van der Waals surface area (Å²) in [5.74, 6) is -0.202. The summed E-state index contributed by atoms with van der Waals surface area (Å²) in [5.41, 5.74) is 0.875. The van der Waals surface area contributed by atoms with Gasteiger partial charge in [0.2, 0.25) is 0 Å². The Kier molecular flexibility index (Phi) is 4.96. The molecule has 1 aromatic rings. The highest BCUT2D eigenvalue weighted by atomic mass is 16.4. The van der Waals surface area contributed by atoms with Crippen molar-refractivity contribution in [1.82, 2.24) is 4.90 Å². The van der Waals surface area contributed by atoms with Crippen molar-refractivity contribution in [2.75, 3.05) is 6.54 Å². The molecule has 1 aromatic carbocycles. The number of aliphatic carboxylic acids is 1. The lowest BCUT2D eigenvalue weighted by atomic mass is 10.0. The Morgan fingerprint density at radius 2 is 2.15 bits per heavy atom. The number of benzene rings is 1. The zero-order valence-corrected chi connectivity index (χ0v) is 12.2. The Morgan fingerprint density at radius 3 is 2.75 bits per heavy atom. The van der Waals surface area contributed by atoms with E-state index in [9.17, 15) is 9.90 Å². The van der Waals surface area contributed by atoms with Crippen LogP contribution < -0.4 is 0 Å². The van der Waals surface area contributed by atoms with Crippen LogP contribution in [0.2, 0.25) is 0 Å². The first-order chi connectivity index (χ1) is 9.63. The van der Waals surface area contributed by atoms with Gasteiger partial charge >= 0.3 is 5.97 Å². The van der Waals surface area contributed by atoms with E-state index in [1.54, 1.807) is 0 Å². The summed E-state index contributed by atoms with van der Waals surface area (Å²) >= 11 is 0. The predicted octanol–water partition coefficient (Wildman–Crippen LogP) is 3.49. The first-order valence-electron chi connectivity index (χ1n) is 7.28. The molecule has 2 unspecified atom stereocenters. The van der Waals surface area contributed by atoms with Crippen LogP contribution in [0, 0.1) is 5.92 Å². The molecule has 20 heavy (non-hydrogen) atoms. The SMILES string of the molecule is C/C=C\CC1C[C@@H](C)CN1C(C(=O)O)c1ccccc1. The molecule has 0 saturated carbocycles. The van der Waals surface area contributed by atoms with Gasteiger partial charge in [-0.15, -0.1) is 0 Å². The third-order valence-corrected chi connectivity index (χ3v) is 3.99. The summed E-state index contributed by atoms with van der Waals surface area (Å²) in [6.07, 6.45) is 6.18. The van der Waals surface area contributed by atoms with Crippen LogP contribution in [0.3, 0.4) is 0 Å². The fraction of sp³-hybridized carbons (Fsp3) is 0.471. The van der Waals surface area contributed by atoms with E-state index in [2.05, 4.69) is 17.9 Å². The lowest BCUT2D eigenvalue weighted by Crippen LogP contribution is -2.37. The van der Waals surface area contributed by atoms with Gasteiger partial charge in [0.25, 0.3) is 0 Å². The molecule has 3 atom stereocenters. The van der Waals surface area contributed by atoms with E-state index >= 15 is 0 Å². The van der Waals surface area contributed by atoms with E-state index in [0.29, 0.717) is 12.0 Å². The van der Waals surface area contributed by atoms with E-state index in [4.69, 9.17) is 0 Å². The molecule has 1 saturated heterocycles. The average molecular weight is 273 g/mol.